The zero-order valence-electron chi connectivity index (χ0n) is 10.7. The Labute approximate surface area is 107 Å². The molecule has 98 valence electrons. The van der Waals surface area contributed by atoms with Crippen molar-refractivity contribution in [2.45, 2.75) is 12.8 Å². The lowest BCUT2D eigenvalue weighted by Gasteiger charge is -2.16. The van der Waals surface area contributed by atoms with Gasteiger partial charge in [-0.2, -0.15) is 0 Å². The minimum atomic E-state index is -0.351. The van der Waals surface area contributed by atoms with Crippen LogP contribution >= 0.6 is 0 Å². The molecule has 0 atom stereocenters. The minimum Gasteiger partial charge on any atom is -0.410 e. The van der Waals surface area contributed by atoms with Gasteiger partial charge in [0.15, 0.2) is 0 Å². The molecule has 0 radical (unpaired) electrons. The van der Waals surface area contributed by atoms with Crippen LogP contribution in [0.4, 0.5) is 4.79 Å². The van der Waals surface area contributed by atoms with Crippen LogP contribution in [-0.2, 0) is 4.74 Å². The Balaban J connectivity index is 1.64. The van der Waals surface area contributed by atoms with Gasteiger partial charge >= 0.3 is 6.09 Å². The summed E-state index contributed by atoms with van der Waals surface area (Å²) in [6.45, 7) is 1.94. The highest BCUT2D eigenvalue weighted by molar-refractivity contribution is 5.70. The largest absolute Gasteiger partial charge is 0.415 e. The monoisotopic (exact) mass is 249 g/mol. The summed E-state index contributed by atoms with van der Waals surface area (Å²) in [5.41, 5.74) is 0. The molecule has 18 heavy (non-hydrogen) atoms. The van der Waals surface area contributed by atoms with Crippen molar-refractivity contribution in [3.8, 4) is 5.75 Å². The third-order valence-electron chi connectivity index (χ3n) is 2.88. The number of ether oxygens (including phenoxy) is 2. The van der Waals surface area contributed by atoms with E-state index in [9.17, 15) is 4.79 Å². The van der Waals surface area contributed by atoms with Crippen molar-refractivity contribution >= 4 is 6.09 Å². The molecule has 0 unspecified atom stereocenters. The van der Waals surface area contributed by atoms with E-state index in [2.05, 4.69) is 0 Å². The molecule has 0 spiro atoms. The van der Waals surface area contributed by atoms with Crippen molar-refractivity contribution in [3.63, 3.8) is 0 Å². The number of para-hydroxylation sites is 1. The summed E-state index contributed by atoms with van der Waals surface area (Å²) in [6, 6.07) is 9.07. The first-order valence-corrected chi connectivity index (χ1v) is 6.31. The Bertz CT molecular complexity index is 376. The molecule has 0 heterocycles. The smallest absolute Gasteiger partial charge is 0.410 e. The van der Waals surface area contributed by atoms with Crippen molar-refractivity contribution in [1.29, 1.82) is 0 Å². The molecule has 1 aliphatic carbocycles. The molecule has 2 rings (SSSR count). The molecular weight excluding hydrogens is 230 g/mol. The molecule has 1 amide bonds. The van der Waals surface area contributed by atoms with Crippen LogP contribution < -0.4 is 4.74 Å². The lowest BCUT2D eigenvalue weighted by atomic mass is 10.3. The zero-order chi connectivity index (χ0) is 12.8. The predicted octanol–water partition coefficient (Wildman–Crippen LogP) is 2.54. The van der Waals surface area contributed by atoms with Gasteiger partial charge in [0.1, 0.15) is 5.75 Å². The molecule has 1 aromatic rings. The summed E-state index contributed by atoms with van der Waals surface area (Å²) < 4.78 is 10.7. The number of carbonyl (C=O) groups excluding carboxylic acids is 1. The highest BCUT2D eigenvalue weighted by atomic mass is 16.6. The van der Waals surface area contributed by atoms with Crippen LogP contribution in [0.2, 0.25) is 0 Å². The van der Waals surface area contributed by atoms with Crippen molar-refractivity contribution in [1.82, 2.24) is 4.90 Å². The van der Waals surface area contributed by atoms with Gasteiger partial charge in [0.2, 0.25) is 0 Å². The molecule has 0 N–H and O–H groups in total. The van der Waals surface area contributed by atoms with Crippen LogP contribution in [0.25, 0.3) is 0 Å². The van der Waals surface area contributed by atoms with Crippen LogP contribution in [0.15, 0.2) is 30.3 Å². The van der Waals surface area contributed by atoms with Gasteiger partial charge in [-0.25, -0.2) is 4.79 Å². The Morgan fingerprint density at radius 3 is 2.72 bits per heavy atom. The number of rotatable bonds is 6. The maximum Gasteiger partial charge on any atom is 0.415 e. The van der Waals surface area contributed by atoms with Crippen molar-refractivity contribution in [2.75, 3.05) is 26.8 Å². The van der Waals surface area contributed by atoms with Gasteiger partial charge in [-0.15, -0.1) is 0 Å². The molecule has 4 heteroatoms. The van der Waals surface area contributed by atoms with Gasteiger partial charge in [-0.05, 0) is 30.9 Å². The number of carbonyl (C=O) groups is 1. The highest BCUT2D eigenvalue weighted by Crippen LogP contribution is 2.28. The number of amides is 1. The summed E-state index contributed by atoms with van der Waals surface area (Å²) in [4.78, 5) is 13.2. The standard InChI is InChI=1S/C14H19NO3/c1-15(9-10-17-11-12-7-8-12)14(16)18-13-5-3-2-4-6-13/h2-6,12H,7-11H2,1H3. The quantitative estimate of drug-likeness (QED) is 0.727. The molecule has 1 fully saturated rings. The third kappa shape index (κ3) is 4.37. The fourth-order valence-electron chi connectivity index (χ4n) is 1.49. The van der Waals surface area contributed by atoms with Crippen molar-refractivity contribution in [3.05, 3.63) is 30.3 Å². The lowest BCUT2D eigenvalue weighted by molar-refractivity contribution is 0.0987. The van der Waals surface area contributed by atoms with Crippen LogP contribution in [0.5, 0.6) is 5.75 Å². The maximum atomic E-state index is 11.7. The zero-order valence-corrected chi connectivity index (χ0v) is 10.7. The van der Waals surface area contributed by atoms with Gasteiger partial charge in [-0.3, -0.25) is 0 Å². The van der Waals surface area contributed by atoms with Crippen LogP contribution in [0.1, 0.15) is 12.8 Å². The first kappa shape index (κ1) is 12.9. The number of benzene rings is 1. The van der Waals surface area contributed by atoms with E-state index < -0.39 is 0 Å². The van der Waals surface area contributed by atoms with Gasteiger partial charge in [-0.1, -0.05) is 18.2 Å². The molecule has 0 saturated heterocycles. The second kappa shape index (κ2) is 6.40. The third-order valence-corrected chi connectivity index (χ3v) is 2.88. The van der Waals surface area contributed by atoms with E-state index in [-0.39, 0.29) is 6.09 Å². The summed E-state index contributed by atoms with van der Waals surface area (Å²) >= 11 is 0. The minimum absolute atomic E-state index is 0.351. The van der Waals surface area contributed by atoms with Crippen molar-refractivity contribution < 1.29 is 14.3 Å². The lowest BCUT2D eigenvalue weighted by Crippen LogP contribution is -2.32. The molecule has 1 aromatic carbocycles. The summed E-state index contributed by atoms with van der Waals surface area (Å²) in [5.74, 6) is 1.32. The average Bonchev–Trinajstić information content (AvgIpc) is 3.19. The van der Waals surface area contributed by atoms with Gasteiger partial charge in [0, 0.05) is 20.2 Å². The molecule has 4 nitrogen and oxygen atoms in total. The molecule has 0 aliphatic heterocycles. The van der Waals surface area contributed by atoms with E-state index in [1.807, 2.05) is 18.2 Å². The number of hydrogen-bond acceptors (Lipinski definition) is 3. The topological polar surface area (TPSA) is 38.8 Å². The summed E-state index contributed by atoms with van der Waals surface area (Å²) in [6.07, 6.45) is 2.22. The first-order valence-electron chi connectivity index (χ1n) is 6.31. The maximum absolute atomic E-state index is 11.7. The summed E-state index contributed by atoms with van der Waals surface area (Å²) in [5, 5.41) is 0. The Morgan fingerprint density at radius 1 is 1.33 bits per heavy atom. The molecule has 0 bridgehead atoms. The Kier molecular flexibility index (Phi) is 4.59. The van der Waals surface area contributed by atoms with E-state index in [0.717, 1.165) is 12.5 Å². The second-order valence-corrected chi connectivity index (χ2v) is 4.62. The van der Waals surface area contributed by atoms with E-state index in [0.29, 0.717) is 18.9 Å². The van der Waals surface area contributed by atoms with Crippen LogP contribution in [-0.4, -0.2) is 37.8 Å². The number of nitrogens with zero attached hydrogens (tertiary/aromatic N) is 1. The molecule has 1 aliphatic rings. The van der Waals surface area contributed by atoms with Gasteiger partial charge in [0.25, 0.3) is 0 Å². The van der Waals surface area contributed by atoms with E-state index >= 15 is 0 Å². The first-order chi connectivity index (χ1) is 8.75. The van der Waals surface area contributed by atoms with E-state index in [4.69, 9.17) is 9.47 Å². The Hall–Kier alpha value is -1.55. The van der Waals surface area contributed by atoms with Crippen molar-refractivity contribution in [2.24, 2.45) is 5.92 Å². The summed E-state index contributed by atoms with van der Waals surface area (Å²) in [7, 11) is 1.71. The molecule has 1 saturated carbocycles. The van der Waals surface area contributed by atoms with Gasteiger partial charge in [0.05, 0.1) is 6.61 Å². The van der Waals surface area contributed by atoms with E-state index in [1.165, 1.54) is 17.7 Å². The molecular formula is C14H19NO3. The fourth-order valence-corrected chi connectivity index (χ4v) is 1.49. The Morgan fingerprint density at radius 2 is 2.06 bits per heavy atom. The van der Waals surface area contributed by atoms with Crippen LogP contribution in [0.3, 0.4) is 0 Å². The molecule has 0 aromatic heterocycles. The number of likely N-dealkylation sites (N-methyl/N-ethyl adjacent to an activating group) is 1. The SMILES string of the molecule is CN(CCOCC1CC1)C(=O)Oc1ccccc1. The highest BCUT2D eigenvalue weighted by Gasteiger charge is 2.21. The predicted molar refractivity (Wildman–Crippen MR) is 68.6 cm³/mol. The van der Waals surface area contributed by atoms with Gasteiger partial charge < -0.3 is 14.4 Å². The number of hydrogen-bond donors (Lipinski definition) is 0. The normalized spacial score (nSPS) is 14.3. The second-order valence-electron chi connectivity index (χ2n) is 4.62. The van der Waals surface area contributed by atoms with E-state index in [1.54, 1.807) is 19.2 Å². The average molecular weight is 249 g/mol. The van der Waals surface area contributed by atoms with Crippen LogP contribution in [0, 0.1) is 5.92 Å². The fraction of sp³-hybridized carbons (Fsp3) is 0.500.